The molecule has 0 bridgehead atoms. The predicted molar refractivity (Wildman–Crippen MR) is 86.2 cm³/mol. The number of carboxylic acids is 1. The Hall–Kier alpha value is -1.000. The first-order chi connectivity index (χ1) is 10.1. The van der Waals surface area contributed by atoms with Crippen LogP contribution in [0.2, 0.25) is 0 Å². The van der Waals surface area contributed by atoms with Crippen LogP contribution in [0, 0.1) is 6.20 Å². The van der Waals surface area contributed by atoms with Gasteiger partial charge in [-0.3, -0.25) is 5.10 Å². The molecule has 5 nitrogen and oxygen atoms in total. The van der Waals surface area contributed by atoms with Crippen molar-refractivity contribution in [2.75, 3.05) is 18.5 Å². The Kier molecular flexibility index (Phi) is 11.0. The number of nitrogens with zero attached hydrogens (tertiary/aromatic N) is 2. The molecule has 124 valence electrons. The molecule has 1 aromatic carbocycles. The summed E-state index contributed by atoms with van der Waals surface area (Å²) in [5, 5.41) is 18.3. The third-order valence-corrected chi connectivity index (χ3v) is 5.82. The zero-order chi connectivity index (χ0) is 15.7. The van der Waals surface area contributed by atoms with E-state index in [-0.39, 0.29) is 27.9 Å². The molecular formula is C15H21AuN3O2P. The van der Waals surface area contributed by atoms with Gasteiger partial charge in [0.1, 0.15) is 0 Å². The predicted octanol–water partition coefficient (Wildman–Crippen LogP) is 3.50. The Labute approximate surface area is 148 Å². The summed E-state index contributed by atoms with van der Waals surface area (Å²) in [7, 11) is 0.446. The van der Waals surface area contributed by atoms with Crippen molar-refractivity contribution >= 4 is 13.9 Å². The molecule has 7 heteroatoms. The third kappa shape index (κ3) is 6.84. The van der Waals surface area contributed by atoms with Gasteiger partial charge < -0.3 is 5.11 Å². The topological polar surface area (TPSA) is 78.9 Å². The van der Waals surface area contributed by atoms with Crippen molar-refractivity contribution in [3.63, 3.8) is 0 Å². The van der Waals surface area contributed by atoms with Crippen LogP contribution in [-0.2, 0) is 22.4 Å². The maximum atomic E-state index is 10.6. The minimum Gasteiger partial charge on any atom is -0.478 e. The summed E-state index contributed by atoms with van der Waals surface area (Å²) < 4.78 is 0. The number of hydrogen-bond acceptors (Lipinski definition) is 3. The zero-order valence-electron chi connectivity index (χ0n) is 12.9. The van der Waals surface area contributed by atoms with E-state index in [1.54, 1.807) is 12.1 Å². The summed E-state index contributed by atoms with van der Waals surface area (Å²) in [6, 6.07) is 6.39. The van der Waals surface area contributed by atoms with Gasteiger partial charge in [0.2, 0.25) is 0 Å². The summed E-state index contributed by atoms with van der Waals surface area (Å²) in [6.45, 7) is 6.87. The van der Waals surface area contributed by atoms with Crippen molar-refractivity contribution in [1.82, 2.24) is 15.4 Å². The molecule has 22 heavy (non-hydrogen) atoms. The Morgan fingerprint density at radius 3 is 2.05 bits per heavy atom. The van der Waals surface area contributed by atoms with E-state index in [4.69, 9.17) is 5.11 Å². The van der Waals surface area contributed by atoms with E-state index in [1.165, 1.54) is 30.6 Å². The number of benzene rings is 1. The van der Waals surface area contributed by atoms with Crippen LogP contribution in [0.25, 0.3) is 11.3 Å². The normalized spacial score (nSPS) is 9.64. The molecule has 1 aromatic heterocycles. The van der Waals surface area contributed by atoms with Crippen LogP contribution in [-0.4, -0.2) is 45.0 Å². The molecule has 2 rings (SSSR count). The van der Waals surface area contributed by atoms with Gasteiger partial charge in [0.05, 0.1) is 5.56 Å². The van der Waals surface area contributed by atoms with Crippen LogP contribution in [0.15, 0.2) is 24.3 Å². The summed E-state index contributed by atoms with van der Waals surface area (Å²) in [4.78, 5) is 10.6. The third-order valence-electron chi connectivity index (χ3n) is 3.14. The number of rotatable bonds is 5. The minimum absolute atomic E-state index is 0. The average molecular weight is 503 g/mol. The van der Waals surface area contributed by atoms with Crippen molar-refractivity contribution in [2.24, 2.45) is 0 Å². The Morgan fingerprint density at radius 1 is 1.18 bits per heavy atom. The largest absolute Gasteiger partial charge is 1.00 e. The van der Waals surface area contributed by atoms with Crippen LogP contribution >= 0.6 is 7.92 Å². The molecule has 2 aromatic rings. The fourth-order valence-corrected chi connectivity index (χ4v) is 3.10. The van der Waals surface area contributed by atoms with Gasteiger partial charge in [-0.05, 0) is 18.5 Å². The van der Waals surface area contributed by atoms with E-state index >= 15 is 0 Å². The molecule has 0 saturated carbocycles. The molecule has 0 amide bonds. The van der Waals surface area contributed by atoms with Gasteiger partial charge in [-0.15, -0.1) is 25.6 Å². The van der Waals surface area contributed by atoms with Gasteiger partial charge in [0, 0.05) is 0 Å². The maximum absolute atomic E-state index is 10.6. The van der Waals surface area contributed by atoms with Gasteiger partial charge in [0.15, 0.2) is 0 Å². The number of aromatic nitrogens is 3. The standard InChI is InChI=1S/C9H6N3O2.C6H15P.Au/c13-9(14)7-3-1-6(2-4-7)8-5-10-12-11-8;1-4-7(5-2)6-3;/h1-4H,(H,13,14)(H,10,11,12);4-6H2,1-3H3;/q-1;;+1. The number of aromatic amines is 1. The number of carbonyl (C=O) groups is 1. The monoisotopic (exact) mass is 503 g/mol. The fourth-order valence-electron chi connectivity index (χ4n) is 1.75. The minimum atomic E-state index is -0.941. The van der Waals surface area contributed by atoms with Crippen LogP contribution in [0.4, 0.5) is 0 Å². The maximum Gasteiger partial charge on any atom is 1.00 e. The molecule has 0 aliphatic carbocycles. The first-order valence-corrected chi connectivity index (χ1v) is 8.86. The van der Waals surface area contributed by atoms with E-state index in [0.29, 0.717) is 13.6 Å². The molecule has 2 N–H and O–H groups in total. The second-order valence-electron chi connectivity index (χ2n) is 4.30. The number of carboxylic acid groups (broad SMARTS) is 1. The van der Waals surface area contributed by atoms with Crippen molar-refractivity contribution < 1.29 is 32.3 Å². The Balaban J connectivity index is 0.000000478. The van der Waals surface area contributed by atoms with Gasteiger partial charge >= 0.3 is 28.3 Å². The number of aromatic carboxylic acids is 1. The summed E-state index contributed by atoms with van der Waals surface area (Å²) >= 11 is 0. The van der Waals surface area contributed by atoms with E-state index in [2.05, 4.69) is 42.4 Å². The summed E-state index contributed by atoms with van der Waals surface area (Å²) in [5.41, 5.74) is 1.70. The van der Waals surface area contributed by atoms with Crippen LogP contribution < -0.4 is 0 Å². The molecule has 0 atom stereocenters. The molecule has 0 aliphatic heterocycles. The average Bonchev–Trinajstić information content (AvgIpc) is 3.04. The summed E-state index contributed by atoms with van der Waals surface area (Å²) in [5.74, 6) is -0.941. The van der Waals surface area contributed by atoms with E-state index in [1.807, 2.05) is 0 Å². The molecule has 0 radical (unpaired) electrons. The van der Waals surface area contributed by atoms with E-state index in [0.717, 1.165) is 5.56 Å². The number of nitrogens with one attached hydrogen (secondary N) is 1. The molecule has 0 spiro atoms. The Bertz CT molecular complexity index is 523. The van der Waals surface area contributed by atoms with Crippen molar-refractivity contribution in [2.45, 2.75) is 20.8 Å². The van der Waals surface area contributed by atoms with Crippen molar-refractivity contribution in [1.29, 1.82) is 0 Å². The molecule has 0 saturated heterocycles. The van der Waals surface area contributed by atoms with Crippen LogP contribution in [0.1, 0.15) is 31.1 Å². The van der Waals surface area contributed by atoms with Gasteiger partial charge in [0.25, 0.3) is 0 Å². The summed E-state index contributed by atoms with van der Waals surface area (Å²) in [6.07, 6.45) is 6.89. The second-order valence-corrected chi connectivity index (χ2v) is 7.54. The van der Waals surface area contributed by atoms with E-state index in [9.17, 15) is 4.79 Å². The molecular weight excluding hydrogens is 482 g/mol. The van der Waals surface area contributed by atoms with Crippen LogP contribution in [0.5, 0.6) is 0 Å². The molecule has 1 heterocycles. The quantitative estimate of drug-likeness (QED) is 0.372. The SMILES string of the molecule is CCP(CC)CC.O=C(O)c1ccc(-c2[c-]nn[nH]2)cc1.[Au+]. The Morgan fingerprint density at radius 2 is 1.73 bits per heavy atom. The van der Waals surface area contributed by atoms with E-state index < -0.39 is 5.97 Å². The molecule has 0 unspecified atom stereocenters. The van der Waals surface area contributed by atoms with Crippen molar-refractivity contribution in [3.8, 4) is 11.3 Å². The molecule has 0 fully saturated rings. The fraction of sp³-hybridized carbons (Fsp3) is 0.400. The number of H-pyrrole nitrogens is 1. The van der Waals surface area contributed by atoms with Crippen LogP contribution in [0.3, 0.4) is 0 Å². The number of hydrogen-bond donors (Lipinski definition) is 2. The van der Waals surface area contributed by atoms with Gasteiger partial charge in [-0.25, -0.2) is 9.89 Å². The first-order valence-electron chi connectivity index (χ1n) is 6.97. The van der Waals surface area contributed by atoms with Crippen molar-refractivity contribution in [3.05, 3.63) is 36.0 Å². The molecule has 0 aliphatic rings. The zero-order valence-corrected chi connectivity index (χ0v) is 16.0. The van der Waals surface area contributed by atoms with Gasteiger partial charge in [-0.1, -0.05) is 50.0 Å². The smallest absolute Gasteiger partial charge is 0.478 e. The second kappa shape index (κ2) is 11.6. The van der Waals surface area contributed by atoms with Gasteiger partial charge in [-0.2, -0.15) is 0 Å². The first kappa shape index (κ1) is 21.0.